The van der Waals surface area contributed by atoms with Crippen LogP contribution in [0.3, 0.4) is 0 Å². The largest absolute Gasteiger partial charge is 0.462 e. The fraction of sp³-hybridized carbons (Fsp3) is 0.746. The van der Waals surface area contributed by atoms with Crippen LogP contribution in [0.4, 0.5) is 0 Å². The number of ether oxygens (including phenoxy) is 3. The molecule has 1 atom stereocenters. The maximum absolute atomic E-state index is 12.9. The number of unbranched alkanes of at least 4 members (excludes halogenated alkanes) is 31. The third kappa shape index (κ3) is 59.3. The normalized spacial score (nSPS) is 12.6. The lowest BCUT2D eigenvalue weighted by Gasteiger charge is -2.18. The molecule has 0 amide bonds. The predicted octanol–water partition coefficient (Wildman–Crippen LogP) is 21.1. The van der Waals surface area contributed by atoms with E-state index in [4.69, 9.17) is 14.2 Å². The van der Waals surface area contributed by atoms with Crippen molar-refractivity contribution < 1.29 is 28.6 Å². The first-order chi connectivity index (χ1) is 36.0. The van der Waals surface area contributed by atoms with Crippen molar-refractivity contribution in [2.24, 2.45) is 0 Å². The van der Waals surface area contributed by atoms with Crippen LogP contribution in [0.1, 0.15) is 303 Å². The van der Waals surface area contributed by atoms with Crippen LogP contribution in [0.15, 0.2) is 85.1 Å². The average molecular weight is 1020 g/mol. The number of hydrogen-bond donors (Lipinski definition) is 0. The maximum Gasteiger partial charge on any atom is 0.306 e. The molecule has 0 unspecified atom stereocenters. The fourth-order valence-electron chi connectivity index (χ4n) is 8.76. The van der Waals surface area contributed by atoms with Gasteiger partial charge in [-0.15, -0.1) is 0 Å². The zero-order valence-corrected chi connectivity index (χ0v) is 48.1. The molecule has 0 rings (SSSR count). The summed E-state index contributed by atoms with van der Waals surface area (Å²) in [6, 6.07) is 0. The second-order valence-electron chi connectivity index (χ2n) is 20.6. The van der Waals surface area contributed by atoms with Gasteiger partial charge in [-0.2, -0.15) is 0 Å². The van der Waals surface area contributed by atoms with E-state index in [0.717, 1.165) is 77.0 Å². The van der Waals surface area contributed by atoms with E-state index in [1.54, 1.807) is 0 Å². The summed E-state index contributed by atoms with van der Waals surface area (Å²) in [6.45, 7) is 6.49. The van der Waals surface area contributed by atoms with Crippen molar-refractivity contribution >= 4 is 17.9 Å². The summed E-state index contributed by atoms with van der Waals surface area (Å²) in [5, 5.41) is 0. The Morgan fingerprint density at radius 1 is 0.288 bits per heavy atom. The predicted molar refractivity (Wildman–Crippen MR) is 316 cm³/mol. The Balaban J connectivity index is 4.44. The van der Waals surface area contributed by atoms with Crippen LogP contribution in [-0.2, 0) is 28.6 Å². The van der Waals surface area contributed by atoms with Gasteiger partial charge in [-0.3, -0.25) is 14.4 Å². The summed E-state index contributed by atoms with van der Waals surface area (Å²) in [4.78, 5) is 38.2. The molecule has 0 bridgehead atoms. The highest BCUT2D eigenvalue weighted by molar-refractivity contribution is 5.71. The van der Waals surface area contributed by atoms with E-state index in [2.05, 4.69) is 99.8 Å². The molecule has 0 aliphatic carbocycles. The highest BCUT2D eigenvalue weighted by Gasteiger charge is 2.19. The Bertz CT molecular complexity index is 1400. The van der Waals surface area contributed by atoms with Gasteiger partial charge in [-0.05, 0) is 83.5 Å². The zero-order valence-electron chi connectivity index (χ0n) is 48.1. The minimum atomic E-state index is -0.816. The third-order valence-corrected chi connectivity index (χ3v) is 13.4. The first-order valence-corrected chi connectivity index (χ1v) is 31.1. The van der Waals surface area contributed by atoms with E-state index in [0.29, 0.717) is 19.3 Å². The molecule has 6 heteroatoms. The molecule has 420 valence electrons. The molecule has 0 radical (unpaired) electrons. The molecule has 73 heavy (non-hydrogen) atoms. The lowest BCUT2D eigenvalue weighted by molar-refractivity contribution is -0.166. The number of rotatable bonds is 56. The van der Waals surface area contributed by atoms with E-state index in [1.165, 1.54) is 180 Å². The molecule has 6 nitrogen and oxygen atoms in total. The van der Waals surface area contributed by atoms with E-state index in [9.17, 15) is 14.4 Å². The summed E-state index contributed by atoms with van der Waals surface area (Å²) >= 11 is 0. The molecule has 0 aromatic rings. The molecule has 0 saturated heterocycles. The molecule has 0 saturated carbocycles. The SMILES string of the molecule is CC/C=C\C/C=C\C/C=C\C/C=C\C/C=C\C/C=C\CCC(=O)O[C@H](COC(=O)CCCCCCCCCCCCC/C=C\CCCCCCCC)COC(=O)CCCCCCCCCCCCCCCCC. The Hall–Kier alpha value is -3.41. The Labute approximate surface area is 452 Å². The Morgan fingerprint density at radius 2 is 0.562 bits per heavy atom. The van der Waals surface area contributed by atoms with Crippen molar-refractivity contribution in [2.45, 2.75) is 309 Å². The van der Waals surface area contributed by atoms with Gasteiger partial charge < -0.3 is 14.2 Å². The lowest BCUT2D eigenvalue weighted by Crippen LogP contribution is -2.30. The van der Waals surface area contributed by atoms with Gasteiger partial charge in [-0.25, -0.2) is 0 Å². The smallest absolute Gasteiger partial charge is 0.306 e. The van der Waals surface area contributed by atoms with Crippen molar-refractivity contribution in [3.05, 3.63) is 85.1 Å². The van der Waals surface area contributed by atoms with Gasteiger partial charge in [0.15, 0.2) is 6.10 Å². The number of esters is 3. The number of allylic oxidation sites excluding steroid dienone is 14. The topological polar surface area (TPSA) is 78.9 Å². The summed E-state index contributed by atoms with van der Waals surface area (Å²) in [5.41, 5.74) is 0. The van der Waals surface area contributed by atoms with Crippen LogP contribution in [-0.4, -0.2) is 37.2 Å². The monoisotopic (exact) mass is 1020 g/mol. The van der Waals surface area contributed by atoms with Crippen LogP contribution in [0, 0.1) is 0 Å². The highest BCUT2D eigenvalue weighted by atomic mass is 16.6. The van der Waals surface area contributed by atoms with Gasteiger partial charge in [0.1, 0.15) is 13.2 Å². The summed E-state index contributed by atoms with van der Waals surface area (Å²) < 4.78 is 16.8. The van der Waals surface area contributed by atoms with Gasteiger partial charge in [-0.1, -0.05) is 286 Å². The lowest BCUT2D eigenvalue weighted by atomic mass is 10.0. The van der Waals surface area contributed by atoms with Crippen LogP contribution in [0.25, 0.3) is 0 Å². The molecule has 0 aliphatic rings. The molecule has 0 heterocycles. The number of carbonyl (C=O) groups is 3. The maximum atomic E-state index is 12.9. The van der Waals surface area contributed by atoms with Crippen LogP contribution in [0.5, 0.6) is 0 Å². The minimum absolute atomic E-state index is 0.104. The minimum Gasteiger partial charge on any atom is -0.462 e. The molecule has 0 aromatic carbocycles. The van der Waals surface area contributed by atoms with E-state index < -0.39 is 6.10 Å². The van der Waals surface area contributed by atoms with Gasteiger partial charge in [0.2, 0.25) is 0 Å². The van der Waals surface area contributed by atoms with Gasteiger partial charge in [0.05, 0.1) is 0 Å². The molecule has 0 spiro atoms. The van der Waals surface area contributed by atoms with E-state index in [1.807, 2.05) is 6.08 Å². The number of carbonyl (C=O) groups excluding carboxylic acids is 3. The van der Waals surface area contributed by atoms with Crippen molar-refractivity contribution in [3.8, 4) is 0 Å². The van der Waals surface area contributed by atoms with E-state index in [-0.39, 0.29) is 37.5 Å². The molecule has 0 fully saturated rings. The first-order valence-electron chi connectivity index (χ1n) is 31.1. The number of hydrogen-bond acceptors (Lipinski definition) is 6. The van der Waals surface area contributed by atoms with Crippen molar-refractivity contribution in [1.82, 2.24) is 0 Å². The quantitative estimate of drug-likeness (QED) is 0.0261. The fourth-order valence-corrected chi connectivity index (χ4v) is 8.76. The second-order valence-corrected chi connectivity index (χ2v) is 20.6. The van der Waals surface area contributed by atoms with Crippen LogP contribution in [0.2, 0.25) is 0 Å². The molecular formula is C67H116O6. The van der Waals surface area contributed by atoms with Gasteiger partial charge >= 0.3 is 17.9 Å². The van der Waals surface area contributed by atoms with Gasteiger partial charge in [0, 0.05) is 19.3 Å². The van der Waals surface area contributed by atoms with E-state index >= 15 is 0 Å². The zero-order chi connectivity index (χ0) is 52.9. The summed E-state index contributed by atoms with van der Waals surface area (Å²) in [5.74, 6) is -0.977. The molecule has 0 N–H and O–H groups in total. The van der Waals surface area contributed by atoms with Crippen molar-refractivity contribution in [3.63, 3.8) is 0 Å². The summed E-state index contributed by atoms with van der Waals surface area (Å²) in [6.07, 6.45) is 80.2. The Kier molecular flexibility index (Phi) is 58.3. The summed E-state index contributed by atoms with van der Waals surface area (Å²) in [7, 11) is 0. The van der Waals surface area contributed by atoms with Gasteiger partial charge in [0.25, 0.3) is 0 Å². The Morgan fingerprint density at radius 3 is 0.890 bits per heavy atom. The average Bonchev–Trinajstić information content (AvgIpc) is 3.39. The highest BCUT2D eigenvalue weighted by Crippen LogP contribution is 2.16. The second kappa shape index (κ2) is 61.1. The first kappa shape index (κ1) is 69.6. The molecule has 0 aromatic heterocycles. The standard InChI is InChI=1S/C67H116O6/c1-4-7-10-13-16-19-22-25-28-30-32-33-35-36-39-42-45-48-51-54-57-60-66(69)72-63-64(62-71-65(68)59-56-53-50-47-44-41-38-27-24-21-18-15-12-9-6-3)73-67(70)61-58-55-52-49-46-43-40-37-34-31-29-26-23-20-17-14-11-8-5-2/h8,11,17,20,25-26,28-29,34,37,43,46,52,55,64H,4-7,9-10,12-16,18-19,21-24,27,30-33,35-36,38-42,44-45,47-51,53-54,56-63H2,1-3H3/b11-8-,20-17-,28-25-,29-26-,37-34-,46-43-,55-52-/t64-/m0/s1. The third-order valence-electron chi connectivity index (χ3n) is 13.4. The van der Waals surface area contributed by atoms with Crippen LogP contribution < -0.4 is 0 Å². The van der Waals surface area contributed by atoms with Crippen LogP contribution >= 0.6 is 0 Å². The molecular weight excluding hydrogens is 901 g/mol. The van der Waals surface area contributed by atoms with Crippen molar-refractivity contribution in [2.75, 3.05) is 13.2 Å². The molecule has 0 aliphatic heterocycles. The van der Waals surface area contributed by atoms with Crippen molar-refractivity contribution in [1.29, 1.82) is 0 Å².